The summed E-state index contributed by atoms with van der Waals surface area (Å²) in [6.45, 7) is 2.38. The number of hydrogen-bond acceptors (Lipinski definition) is 2. The highest BCUT2D eigenvalue weighted by atomic mass is 79.9. The molecule has 0 aromatic heterocycles. The normalized spacial score (nSPS) is 10.7. The molecule has 0 unspecified atom stereocenters. The molecule has 2 aromatic carbocycles. The summed E-state index contributed by atoms with van der Waals surface area (Å²) in [5, 5.41) is 3.05. The summed E-state index contributed by atoms with van der Waals surface area (Å²) >= 11 is 3.05. The van der Waals surface area contributed by atoms with Gasteiger partial charge in [0.05, 0.1) is 10.0 Å². The smallest absolute Gasteiger partial charge is 0.146 e. The molecule has 2 rings (SSSR count). The van der Waals surface area contributed by atoms with E-state index in [2.05, 4.69) is 21.2 Å². The molecular weight excluding hydrogens is 340 g/mol. The molecule has 0 spiro atoms. The summed E-state index contributed by atoms with van der Waals surface area (Å²) in [5.74, 6) is -0.580. The van der Waals surface area contributed by atoms with Crippen molar-refractivity contribution in [3.63, 3.8) is 0 Å². The fourth-order valence-corrected chi connectivity index (χ4v) is 2.47. The van der Waals surface area contributed by atoms with E-state index in [4.69, 9.17) is 4.74 Å². The van der Waals surface area contributed by atoms with Gasteiger partial charge in [0.15, 0.2) is 0 Å². The summed E-state index contributed by atoms with van der Waals surface area (Å²) in [7, 11) is 1.83. The fourth-order valence-electron chi connectivity index (χ4n) is 2.10. The number of ether oxygens (including phenoxy) is 1. The van der Waals surface area contributed by atoms with Crippen molar-refractivity contribution in [1.29, 1.82) is 0 Å². The lowest BCUT2D eigenvalue weighted by molar-refractivity contribution is 0.287. The molecule has 2 nitrogen and oxygen atoms in total. The molecule has 0 fully saturated rings. The van der Waals surface area contributed by atoms with E-state index >= 15 is 0 Å². The fraction of sp³-hybridized carbons (Fsp3) is 0.250. The second-order valence-electron chi connectivity index (χ2n) is 4.70. The van der Waals surface area contributed by atoms with Crippen LogP contribution < -0.4 is 10.1 Å². The SMILES string of the molecule is CNCc1cccc(C)c1OCc1c(F)ccc(Br)c1F. The maximum absolute atomic E-state index is 13.9. The zero-order chi connectivity index (χ0) is 15.4. The van der Waals surface area contributed by atoms with Crippen LogP contribution >= 0.6 is 15.9 Å². The summed E-state index contributed by atoms with van der Waals surface area (Å²) in [6.07, 6.45) is 0. The van der Waals surface area contributed by atoms with Crippen molar-refractivity contribution < 1.29 is 13.5 Å². The molecule has 112 valence electrons. The van der Waals surface area contributed by atoms with Crippen LogP contribution in [0.25, 0.3) is 0 Å². The predicted molar refractivity (Wildman–Crippen MR) is 82.3 cm³/mol. The number of benzene rings is 2. The van der Waals surface area contributed by atoms with E-state index in [1.807, 2.05) is 32.2 Å². The average Bonchev–Trinajstić information content (AvgIpc) is 2.46. The van der Waals surface area contributed by atoms with Gasteiger partial charge in [-0.15, -0.1) is 0 Å². The first kappa shape index (κ1) is 15.9. The first-order valence-corrected chi connectivity index (χ1v) is 7.32. The van der Waals surface area contributed by atoms with Gasteiger partial charge in [-0.25, -0.2) is 8.78 Å². The third-order valence-corrected chi connectivity index (χ3v) is 3.77. The average molecular weight is 356 g/mol. The van der Waals surface area contributed by atoms with Gasteiger partial charge in [-0.1, -0.05) is 18.2 Å². The monoisotopic (exact) mass is 355 g/mol. The Morgan fingerprint density at radius 1 is 1.19 bits per heavy atom. The molecule has 0 aliphatic heterocycles. The second kappa shape index (κ2) is 7.00. The number of halogens is 3. The summed E-state index contributed by atoms with van der Waals surface area (Å²) in [5.41, 5.74) is 1.80. The van der Waals surface area contributed by atoms with E-state index in [1.54, 1.807) is 0 Å². The highest BCUT2D eigenvalue weighted by Crippen LogP contribution is 2.27. The zero-order valence-corrected chi connectivity index (χ0v) is 13.4. The van der Waals surface area contributed by atoms with E-state index in [9.17, 15) is 8.78 Å². The second-order valence-corrected chi connectivity index (χ2v) is 5.56. The number of rotatable bonds is 5. The van der Waals surface area contributed by atoms with Gasteiger partial charge in [-0.3, -0.25) is 0 Å². The molecule has 2 aromatic rings. The van der Waals surface area contributed by atoms with Crippen LogP contribution in [0.5, 0.6) is 5.75 Å². The van der Waals surface area contributed by atoms with Crippen LogP contribution in [-0.4, -0.2) is 7.05 Å². The Kier molecular flexibility index (Phi) is 5.31. The minimum absolute atomic E-state index is 0.0805. The van der Waals surface area contributed by atoms with Crippen LogP contribution in [0.15, 0.2) is 34.8 Å². The maximum Gasteiger partial charge on any atom is 0.146 e. The van der Waals surface area contributed by atoms with Crippen LogP contribution in [0, 0.1) is 18.6 Å². The van der Waals surface area contributed by atoms with E-state index in [0.717, 1.165) is 11.1 Å². The quantitative estimate of drug-likeness (QED) is 0.805. The van der Waals surface area contributed by atoms with Crippen molar-refractivity contribution in [2.24, 2.45) is 0 Å². The lowest BCUT2D eigenvalue weighted by Gasteiger charge is -2.15. The number of nitrogens with one attached hydrogen (secondary N) is 1. The van der Waals surface area contributed by atoms with Crippen molar-refractivity contribution in [2.45, 2.75) is 20.1 Å². The summed E-state index contributed by atoms with van der Waals surface area (Å²) < 4.78 is 33.6. The lowest BCUT2D eigenvalue weighted by Crippen LogP contribution is -2.09. The molecule has 0 bridgehead atoms. The van der Waals surface area contributed by atoms with Crippen LogP contribution in [0.3, 0.4) is 0 Å². The highest BCUT2D eigenvalue weighted by Gasteiger charge is 2.14. The van der Waals surface area contributed by atoms with E-state index < -0.39 is 11.6 Å². The molecule has 0 heterocycles. The zero-order valence-electron chi connectivity index (χ0n) is 11.8. The Morgan fingerprint density at radius 3 is 2.67 bits per heavy atom. The van der Waals surface area contributed by atoms with E-state index in [1.165, 1.54) is 12.1 Å². The molecule has 0 amide bonds. The van der Waals surface area contributed by atoms with E-state index in [-0.39, 0.29) is 16.6 Å². The van der Waals surface area contributed by atoms with Crippen molar-refractivity contribution in [3.8, 4) is 5.75 Å². The van der Waals surface area contributed by atoms with Gasteiger partial charge in [0.25, 0.3) is 0 Å². The highest BCUT2D eigenvalue weighted by molar-refractivity contribution is 9.10. The molecule has 0 atom stereocenters. The van der Waals surface area contributed by atoms with Crippen molar-refractivity contribution in [3.05, 3.63) is 63.1 Å². The van der Waals surface area contributed by atoms with Crippen LogP contribution in [0.4, 0.5) is 8.78 Å². The number of para-hydroxylation sites is 1. The van der Waals surface area contributed by atoms with Gasteiger partial charge in [0.2, 0.25) is 0 Å². The molecule has 1 N–H and O–H groups in total. The first-order chi connectivity index (χ1) is 10.0. The van der Waals surface area contributed by atoms with Gasteiger partial charge in [0.1, 0.15) is 24.0 Å². The van der Waals surface area contributed by atoms with Crippen molar-refractivity contribution in [2.75, 3.05) is 7.05 Å². The lowest BCUT2D eigenvalue weighted by atomic mass is 10.1. The first-order valence-electron chi connectivity index (χ1n) is 6.53. The third-order valence-electron chi connectivity index (χ3n) is 3.16. The number of aryl methyl sites for hydroxylation is 1. The molecule has 0 aliphatic carbocycles. The molecular formula is C16H16BrF2NO. The Labute approximate surface area is 131 Å². The Balaban J connectivity index is 2.27. The predicted octanol–water partition coefficient (Wildman–Crippen LogP) is 4.33. The number of hydrogen-bond donors (Lipinski definition) is 1. The third kappa shape index (κ3) is 3.60. The van der Waals surface area contributed by atoms with E-state index in [0.29, 0.717) is 12.3 Å². The van der Waals surface area contributed by atoms with Crippen molar-refractivity contribution in [1.82, 2.24) is 5.32 Å². The maximum atomic E-state index is 13.9. The minimum atomic E-state index is -0.626. The van der Waals surface area contributed by atoms with Crippen molar-refractivity contribution >= 4 is 15.9 Å². The Bertz CT molecular complexity index is 646. The van der Waals surface area contributed by atoms with Gasteiger partial charge >= 0.3 is 0 Å². The summed E-state index contributed by atoms with van der Waals surface area (Å²) in [6, 6.07) is 8.32. The van der Waals surface area contributed by atoms with Gasteiger partial charge in [-0.2, -0.15) is 0 Å². The molecule has 0 aliphatic rings. The summed E-state index contributed by atoms with van der Waals surface area (Å²) in [4.78, 5) is 0. The molecule has 0 saturated carbocycles. The van der Waals surface area contributed by atoms with Crippen LogP contribution in [-0.2, 0) is 13.2 Å². The van der Waals surface area contributed by atoms with Gasteiger partial charge < -0.3 is 10.1 Å². The molecule has 21 heavy (non-hydrogen) atoms. The Morgan fingerprint density at radius 2 is 1.95 bits per heavy atom. The minimum Gasteiger partial charge on any atom is -0.488 e. The van der Waals surface area contributed by atoms with Crippen LogP contribution in [0.2, 0.25) is 0 Å². The van der Waals surface area contributed by atoms with Gasteiger partial charge in [0, 0.05) is 12.1 Å². The molecule has 0 saturated heterocycles. The van der Waals surface area contributed by atoms with Gasteiger partial charge in [-0.05, 0) is 47.6 Å². The standard InChI is InChI=1S/C16H16BrF2NO/c1-10-4-3-5-11(8-20-2)16(10)21-9-12-14(18)7-6-13(17)15(12)19/h3-7,20H,8-9H2,1-2H3. The Hall–Kier alpha value is -1.46. The topological polar surface area (TPSA) is 21.3 Å². The molecule has 5 heteroatoms. The molecule has 0 radical (unpaired) electrons. The largest absolute Gasteiger partial charge is 0.488 e. The van der Waals surface area contributed by atoms with Crippen LogP contribution in [0.1, 0.15) is 16.7 Å².